The summed E-state index contributed by atoms with van der Waals surface area (Å²) in [5, 5.41) is 8.85. The Morgan fingerprint density at radius 1 is 1.27 bits per heavy atom. The molecule has 0 fully saturated rings. The Balaban J connectivity index is 2.24. The number of rotatable bonds is 7. The van der Waals surface area contributed by atoms with Gasteiger partial charge in [0.2, 0.25) is 5.88 Å². The highest BCUT2D eigenvalue weighted by Gasteiger charge is 1.98. The molecule has 84 valence electrons. The minimum atomic E-state index is -0.0972. The highest BCUT2D eigenvalue weighted by molar-refractivity contribution is 5.07. The minimum absolute atomic E-state index is 0.0972. The van der Waals surface area contributed by atoms with Crippen LogP contribution in [-0.2, 0) is 6.61 Å². The first-order valence-electron chi connectivity index (χ1n) is 5.41. The van der Waals surface area contributed by atoms with Crippen molar-refractivity contribution in [2.24, 2.45) is 0 Å². The lowest BCUT2D eigenvalue weighted by Gasteiger charge is -2.05. The highest BCUT2D eigenvalue weighted by atomic mass is 16.5. The van der Waals surface area contributed by atoms with Crippen molar-refractivity contribution in [2.45, 2.75) is 39.2 Å². The maximum atomic E-state index is 8.85. The number of aliphatic hydroxyl groups excluding tert-OH is 1. The SMILES string of the molecule is CCCCCCOc1cncc(CO)n1. The van der Waals surface area contributed by atoms with Crippen LogP contribution < -0.4 is 4.74 Å². The third-order valence-electron chi connectivity index (χ3n) is 2.07. The van der Waals surface area contributed by atoms with Crippen LogP contribution in [-0.4, -0.2) is 21.7 Å². The molecule has 1 rings (SSSR count). The first-order chi connectivity index (χ1) is 7.36. The van der Waals surface area contributed by atoms with Gasteiger partial charge in [-0.25, -0.2) is 4.98 Å². The molecule has 15 heavy (non-hydrogen) atoms. The molecule has 0 radical (unpaired) electrons. The lowest BCUT2D eigenvalue weighted by Crippen LogP contribution is -2.01. The third-order valence-corrected chi connectivity index (χ3v) is 2.07. The van der Waals surface area contributed by atoms with Crippen molar-refractivity contribution in [3.05, 3.63) is 18.1 Å². The van der Waals surface area contributed by atoms with Gasteiger partial charge in [0.15, 0.2) is 0 Å². The van der Waals surface area contributed by atoms with E-state index in [9.17, 15) is 0 Å². The van der Waals surface area contributed by atoms with Gasteiger partial charge in [0, 0.05) is 0 Å². The van der Waals surface area contributed by atoms with E-state index in [1.807, 2.05) is 0 Å². The molecule has 0 aliphatic rings. The number of hydrogen-bond acceptors (Lipinski definition) is 4. The summed E-state index contributed by atoms with van der Waals surface area (Å²) in [5.41, 5.74) is 0.543. The van der Waals surface area contributed by atoms with Crippen LogP contribution in [0.2, 0.25) is 0 Å². The average Bonchev–Trinajstić information content (AvgIpc) is 2.29. The fourth-order valence-electron chi connectivity index (χ4n) is 1.24. The van der Waals surface area contributed by atoms with E-state index >= 15 is 0 Å². The smallest absolute Gasteiger partial charge is 0.232 e. The molecule has 1 N–H and O–H groups in total. The van der Waals surface area contributed by atoms with Gasteiger partial charge in [-0.05, 0) is 6.42 Å². The van der Waals surface area contributed by atoms with Crippen molar-refractivity contribution in [2.75, 3.05) is 6.61 Å². The second-order valence-corrected chi connectivity index (χ2v) is 3.42. The Hall–Kier alpha value is -1.16. The van der Waals surface area contributed by atoms with Crippen LogP contribution in [0.25, 0.3) is 0 Å². The van der Waals surface area contributed by atoms with E-state index in [-0.39, 0.29) is 6.61 Å². The molecular weight excluding hydrogens is 192 g/mol. The minimum Gasteiger partial charge on any atom is -0.477 e. The van der Waals surface area contributed by atoms with Crippen molar-refractivity contribution in [3.8, 4) is 5.88 Å². The van der Waals surface area contributed by atoms with Gasteiger partial charge >= 0.3 is 0 Å². The average molecular weight is 210 g/mol. The van der Waals surface area contributed by atoms with Crippen molar-refractivity contribution >= 4 is 0 Å². The summed E-state index contributed by atoms with van der Waals surface area (Å²) in [7, 11) is 0. The fraction of sp³-hybridized carbons (Fsp3) is 0.636. The van der Waals surface area contributed by atoms with Crippen LogP contribution in [0, 0.1) is 0 Å². The topological polar surface area (TPSA) is 55.2 Å². The zero-order chi connectivity index (χ0) is 10.9. The largest absolute Gasteiger partial charge is 0.477 e. The Labute approximate surface area is 90.3 Å². The maximum Gasteiger partial charge on any atom is 0.232 e. The van der Waals surface area contributed by atoms with E-state index in [4.69, 9.17) is 9.84 Å². The summed E-state index contributed by atoms with van der Waals surface area (Å²) in [5.74, 6) is 0.498. The molecule has 0 spiro atoms. The Morgan fingerprint density at radius 3 is 2.87 bits per heavy atom. The Bertz CT molecular complexity index is 279. The molecule has 0 saturated carbocycles. The second kappa shape index (κ2) is 7.17. The molecule has 4 heteroatoms. The lowest BCUT2D eigenvalue weighted by molar-refractivity contribution is 0.265. The Kier molecular flexibility index (Phi) is 5.70. The molecule has 0 aliphatic carbocycles. The maximum absolute atomic E-state index is 8.85. The van der Waals surface area contributed by atoms with Gasteiger partial charge in [-0.15, -0.1) is 0 Å². The monoisotopic (exact) mass is 210 g/mol. The number of ether oxygens (including phenoxy) is 1. The molecule has 1 aromatic rings. The predicted molar refractivity (Wildman–Crippen MR) is 57.6 cm³/mol. The van der Waals surface area contributed by atoms with Crippen LogP contribution in [0.1, 0.15) is 38.3 Å². The zero-order valence-corrected chi connectivity index (χ0v) is 9.15. The number of unbranched alkanes of at least 4 members (excludes halogenated alkanes) is 3. The van der Waals surface area contributed by atoms with Crippen molar-refractivity contribution in [1.29, 1.82) is 0 Å². The van der Waals surface area contributed by atoms with Crippen LogP contribution in [0.5, 0.6) is 5.88 Å². The van der Waals surface area contributed by atoms with Crippen molar-refractivity contribution in [3.63, 3.8) is 0 Å². The van der Waals surface area contributed by atoms with Crippen LogP contribution in [0.3, 0.4) is 0 Å². The normalized spacial score (nSPS) is 10.3. The quantitative estimate of drug-likeness (QED) is 0.699. The van der Waals surface area contributed by atoms with Gasteiger partial charge in [0.1, 0.15) is 0 Å². The summed E-state index contributed by atoms with van der Waals surface area (Å²) in [6.07, 6.45) is 7.79. The zero-order valence-electron chi connectivity index (χ0n) is 9.15. The summed E-state index contributed by atoms with van der Waals surface area (Å²) >= 11 is 0. The summed E-state index contributed by atoms with van der Waals surface area (Å²) in [4.78, 5) is 8.00. The molecule has 0 bridgehead atoms. The molecule has 0 aromatic carbocycles. The molecule has 0 unspecified atom stereocenters. The summed E-state index contributed by atoms with van der Waals surface area (Å²) in [6.45, 7) is 2.75. The van der Waals surface area contributed by atoms with Gasteiger partial charge < -0.3 is 9.84 Å². The van der Waals surface area contributed by atoms with Gasteiger partial charge in [-0.1, -0.05) is 26.2 Å². The molecule has 1 aromatic heterocycles. The molecule has 0 atom stereocenters. The van der Waals surface area contributed by atoms with E-state index in [0.29, 0.717) is 18.2 Å². The van der Waals surface area contributed by atoms with Crippen molar-refractivity contribution in [1.82, 2.24) is 9.97 Å². The molecule has 1 heterocycles. The molecule has 0 aliphatic heterocycles. The molecule has 4 nitrogen and oxygen atoms in total. The van der Waals surface area contributed by atoms with E-state index < -0.39 is 0 Å². The van der Waals surface area contributed by atoms with Crippen LogP contribution in [0.4, 0.5) is 0 Å². The van der Waals surface area contributed by atoms with Gasteiger partial charge in [-0.2, -0.15) is 0 Å². The second-order valence-electron chi connectivity index (χ2n) is 3.42. The third kappa shape index (κ3) is 4.74. The number of aromatic nitrogens is 2. The van der Waals surface area contributed by atoms with E-state index in [2.05, 4.69) is 16.9 Å². The van der Waals surface area contributed by atoms with Crippen molar-refractivity contribution < 1.29 is 9.84 Å². The fourth-order valence-corrected chi connectivity index (χ4v) is 1.24. The predicted octanol–water partition coefficient (Wildman–Crippen LogP) is 1.93. The first-order valence-corrected chi connectivity index (χ1v) is 5.41. The lowest BCUT2D eigenvalue weighted by atomic mass is 10.2. The van der Waals surface area contributed by atoms with Crippen LogP contribution in [0.15, 0.2) is 12.4 Å². The molecule has 0 amide bonds. The first kappa shape index (κ1) is 11.9. The summed E-state index contributed by atoms with van der Waals surface area (Å²) < 4.78 is 5.41. The number of aliphatic hydroxyl groups is 1. The standard InChI is InChI=1S/C11H18N2O2/c1-2-3-4-5-6-15-11-8-12-7-10(9-14)13-11/h7-8,14H,2-6,9H2,1H3. The van der Waals surface area contributed by atoms with Crippen LogP contribution >= 0.6 is 0 Å². The van der Waals surface area contributed by atoms with E-state index in [0.717, 1.165) is 6.42 Å². The Morgan fingerprint density at radius 2 is 2.13 bits per heavy atom. The number of hydrogen-bond donors (Lipinski definition) is 1. The highest BCUT2D eigenvalue weighted by Crippen LogP contribution is 2.06. The van der Waals surface area contributed by atoms with Gasteiger partial charge in [-0.3, -0.25) is 4.98 Å². The van der Waals surface area contributed by atoms with Gasteiger partial charge in [0.05, 0.1) is 31.3 Å². The molecule has 0 saturated heterocycles. The van der Waals surface area contributed by atoms with E-state index in [1.54, 1.807) is 6.20 Å². The number of nitrogens with zero attached hydrogens (tertiary/aromatic N) is 2. The molecular formula is C11H18N2O2. The van der Waals surface area contributed by atoms with Gasteiger partial charge in [0.25, 0.3) is 0 Å². The summed E-state index contributed by atoms with van der Waals surface area (Å²) in [6, 6.07) is 0. The van der Waals surface area contributed by atoms with E-state index in [1.165, 1.54) is 25.5 Å².